The minimum atomic E-state index is -0.0709. The van der Waals surface area contributed by atoms with Gasteiger partial charge in [0.25, 0.3) is 5.91 Å². The van der Waals surface area contributed by atoms with Crippen molar-refractivity contribution in [3.63, 3.8) is 0 Å². The third-order valence-corrected chi connectivity index (χ3v) is 4.47. The van der Waals surface area contributed by atoms with E-state index in [1.807, 2.05) is 17.0 Å². The standard InChI is InChI=1S/C18H19ClN2O3/c1-23-16-9-12-5-7-21(8-6-13(12)10-17(16)24-2)18(22)15-4-3-14(19)11-20-15/h3-4,9-11H,5-8H2,1-2H3. The number of carbonyl (C=O) groups excluding carboxylic acids is 1. The molecule has 1 aliphatic heterocycles. The van der Waals surface area contributed by atoms with Crippen molar-refractivity contribution in [1.82, 2.24) is 9.88 Å². The summed E-state index contributed by atoms with van der Waals surface area (Å²) >= 11 is 5.84. The van der Waals surface area contributed by atoms with Gasteiger partial charge in [0.15, 0.2) is 11.5 Å². The maximum atomic E-state index is 12.6. The van der Waals surface area contributed by atoms with E-state index in [2.05, 4.69) is 4.98 Å². The highest BCUT2D eigenvalue weighted by atomic mass is 35.5. The molecule has 2 heterocycles. The highest BCUT2D eigenvalue weighted by Gasteiger charge is 2.22. The fourth-order valence-electron chi connectivity index (χ4n) is 2.92. The Morgan fingerprint density at radius 3 is 2.12 bits per heavy atom. The number of nitrogens with zero attached hydrogens (tertiary/aromatic N) is 2. The molecule has 2 aromatic rings. The molecular weight excluding hydrogens is 328 g/mol. The lowest BCUT2D eigenvalue weighted by Crippen LogP contribution is -2.33. The van der Waals surface area contributed by atoms with E-state index in [1.165, 1.54) is 17.3 Å². The molecule has 0 saturated carbocycles. The quantitative estimate of drug-likeness (QED) is 0.857. The predicted octanol–water partition coefficient (Wildman–Crippen LogP) is 2.99. The number of hydrogen-bond donors (Lipinski definition) is 0. The normalized spacial score (nSPS) is 13.9. The van der Waals surface area contributed by atoms with Crippen LogP contribution in [0.25, 0.3) is 0 Å². The molecule has 24 heavy (non-hydrogen) atoms. The van der Waals surface area contributed by atoms with Crippen molar-refractivity contribution >= 4 is 17.5 Å². The van der Waals surface area contributed by atoms with E-state index >= 15 is 0 Å². The van der Waals surface area contributed by atoms with Crippen LogP contribution in [0.3, 0.4) is 0 Å². The van der Waals surface area contributed by atoms with Crippen molar-refractivity contribution in [2.24, 2.45) is 0 Å². The van der Waals surface area contributed by atoms with Gasteiger partial charge in [-0.1, -0.05) is 11.6 Å². The van der Waals surface area contributed by atoms with Crippen LogP contribution in [0.5, 0.6) is 11.5 Å². The van der Waals surface area contributed by atoms with Gasteiger partial charge in [-0.25, -0.2) is 4.98 Å². The van der Waals surface area contributed by atoms with Gasteiger partial charge in [0.1, 0.15) is 5.69 Å². The van der Waals surface area contributed by atoms with Gasteiger partial charge in [0.05, 0.1) is 19.2 Å². The van der Waals surface area contributed by atoms with Crippen LogP contribution in [-0.2, 0) is 12.8 Å². The number of fused-ring (bicyclic) bond motifs is 1. The Kier molecular flexibility index (Phi) is 4.90. The molecule has 1 aliphatic rings. The highest BCUT2D eigenvalue weighted by molar-refractivity contribution is 6.30. The molecule has 0 radical (unpaired) electrons. The lowest BCUT2D eigenvalue weighted by Gasteiger charge is -2.19. The molecule has 126 valence electrons. The van der Waals surface area contributed by atoms with E-state index in [0.717, 1.165) is 24.3 Å². The van der Waals surface area contributed by atoms with Crippen molar-refractivity contribution in [3.8, 4) is 11.5 Å². The summed E-state index contributed by atoms with van der Waals surface area (Å²) < 4.78 is 10.7. The van der Waals surface area contributed by atoms with E-state index in [0.29, 0.717) is 23.8 Å². The van der Waals surface area contributed by atoms with Crippen LogP contribution in [0, 0.1) is 0 Å². The Bertz CT molecular complexity index is 712. The molecule has 0 aliphatic carbocycles. The van der Waals surface area contributed by atoms with Crippen LogP contribution >= 0.6 is 11.6 Å². The number of hydrogen-bond acceptors (Lipinski definition) is 4. The summed E-state index contributed by atoms with van der Waals surface area (Å²) in [4.78, 5) is 18.6. The molecule has 0 N–H and O–H groups in total. The summed E-state index contributed by atoms with van der Waals surface area (Å²) in [6.07, 6.45) is 3.04. The largest absolute Gasteiger partial charge is 0.493 e. The Balaban J connectivity index is 1.80. The first kappa shape index (κ1) is 16.6. The second-order valence-electron chi connectivity index (χ2n) is 5.63. The zero-order valence-electron chi connectivity index (χ0n) is 13.7. The van der Waals surface area contributed by atoms with Crippen molar-refractivity contribution in [2.75, 3.05) is 27.3 Å². The van der Waals surface area contributed by atoms with Crippen LogP contribution in [0.1, 0.15) is 21.6 Å². The van der Waals surface area contributed by atoms with Gasteiger partial charge in [0.2, 0.25) is 0 Å². The summed E-state index contributed by atoms with van der Waals surface area (Å²) in [5.74, 6) is 1.36. The van der Waals surface area contributed by atoms with Gasteiger partial charge in [0, 0.05) is 19.3 Å². The molecule has 0 saturated heterocycles. The molecule has 0 bridgehead atoms. The van der Waals surface area contributed by atoms with Gasteiger partial charge in [-0.05, 0) is 48.2 Å². The average Bonchev–Trinajstić information content (AvgIpc) is 2.82. The zero-order chi connectivity index (χ0) is 17.1. The molecule has 1 amide bonds. The van der Waals surface area contributed by atoms with Crippen molar-refractivity contribution in [2.45, 2.75) is 12.8 Å². The summed E-state index contributed by atoms with van der Waals surface area (Å²) in [7, 11) is 3.26. The molecule has 0 atom stereocenters. The molecule has 3 rings (SSSR count). The van der Waals surface area contributed by atoms with Crippen LogP contribution in [-0.4, -0.2) is 43.1 Å². The number of aromatic nitrogens is 1. The second-order valence-corrected chi connectivity index (χ2v) is 6.07. The number of methoxy groups -OCH3 is 2. The van der Waals surface area contributed by atoms with Crippen LogP contribution in [0.15, 0.2) is 30.5 Å². The molecular formula is C18H19ClN2O3. The summed E-state index contributed by atoms with van der Waals surface area (Å²) in [6, 6.07) is 7.35. The Labute approximate surface area is 146 Å². The Morgan fingerprint density at radius 1 is 1.08 bits per heavy atom. The fraction of sp³-hybridized carbons (Fsp3) is 0.333. The van der Waals surface area contributed by atoms with Crippen LogP contribution in [0.2, 0.25) is 5.02 Å². The third kappa shape index (κ3) is 3.31. The maximum absolute atomic E-state index is 12.6. The topological polar surface area (TPSA) is 51.7 Å². The predicted molar refractivity (Wildman–Crippen MR) is 92.1 cm³/mol. The van der Waals surface area contributed by atoms with Crippen LogP contribution in [0.4, 0.5) is 0 Å². The first-order valence-corrected chi connectivity index (χ1v) is 8.14. The van der Waals surface area contributed by atoms with Crippen molar-refractivity contribution < 1.29 is 14.3 Å². The number of amides is 1. The number of pyridine rings is 1. The smallest absolute Gasteiger partial charge is 0.272 e. The SMILES string of the molecule is COc1cc2c(cc1OC)CCN(C(=O)c1ccc(Cl)cn1)CC2. The number of benzene rings is 1. The molecule has 1 aromatic carbocycles. The van der Waals surface area contributed by atoms with E-state index in [9.17, 15) is 4.79 Å². The van der Waals surface area contributed by atoms with Gasteiger partial charge < -0.3 is 14.4 Å². The number of carbonyl (C=O) groups is 1. The highest BCUT2D eigenvalue weighted by Crippen LogP contribution is 2.32. The van der Waals surface area contributed by atoms with Gasteiger partial charge in [-0.3, -0.25) is 4.79 Å². The van der Waals surface area contributed by atoms with Crippen molar-refractivity contribution in [3.05, 3.63) is 52.3 Å². The first-order chi connectivity index (χ1) is 11.6. The summed E-state index contributed by atoms with van der Waals surface area (Å²) in [6.45, 7) is 1.29. The Morgan fingerprint density at radius 2 is 1.67 bits per heavy atom. The van der Waals surface area contributed by atoms with Crippen LogP contribution < -0.4 is 9.47 Å². The summed E-state index contributed by atoms with van der Waals surface area (Å²) in [5.41, 5.74) is 2.79. The van der Waals surface area contributed by atoms with E-state index < -0.39 is 0 Å². The lowest BCUT2D eigenvalue weighted by molar-refractivity contribution is 0.0757. The fourth-order valence-corrected chi connectivity index (χ4v) is 3.03. The number of ether oxygens (including phenoxy) is 2. The first-order valence-electron chi connectivity index (χ1n) is 7.77. The Hall–Kier alpha value is -2.27. The molecule has 0 fully saturated rings. The molecule has 1 aromatic heterocycles. The van der Waals surface area contributed by atoms with Gasteiger partial charge >= 0.3 is 0 Å². The molecule has 6 heteroatoms. The molecule has 0 unspecified atom stereocenters. The van der Waals surface area contributed by atoms with E-state index in [4.69, 9.17) is 21.1 Å². The van der Waals surface area contributed by atoms with E-state index in [1.54, 1.807) is 26.4 Å². The van der Waals surface area contributed by atoms with Gasteiger partial charge in [-0.2, -0.15) is 0 Å². The minimum absolute atomic E-state index is 0.0709. The monoisotopic (exact) mass is 346 g/mol. The number of rotatable bonds is 3. The van der Waals surface area contributed by atoms with Gasteiger partial charge in [-0.15, -0.1) is 0 Å². The van der Waals surface area contributed by atoms with E-state index in [-0.39, 0.29) is 5.91 Å². The third-order valence-electron chi connectivity index (χ3n) is 4.24. The number of halogens is 1. The average molecular weight is 347 g/mol. The summed E-state index contributed by atoms with van der Waals surface area (Å²) in [5, 5.41) is 0.522. The molecule has 0 spiro atoms. The van der Waals surface area contributed by atoms with Crippen molar-refractivity contribution in [1.29, 1.82) is 0 Å². The minimum Gasteiger partial charge on any atom is -0.493 e. The second kappa shape index (κ2) is 7.09. The maximum Gasteiger partial charge on any atom is 0.272 e. The zero-order valence-corrected chi connectivity index (χ0v) is 14.5. The molecule has 5 nitrogen and oxygen atoms in total. The lowest BCUT2D eigenvalue weighted by atomic mass is 10.0.